The van der Waals surface area contributed by atoms with E-state index in [9.17, 15) is 14.7 Å². The van der Waals surface area contributed by atoms with Crippen LogP contribution in [0.3, 0.4) is 0 Å². The number of rotatable bonds is 2. The van der Waals surface area contributed by atoms with Crippen molar-refractivity contribution >= 4 is 17.6 Å². The Hall–Kier alpha value is -1.88. The number of ether oxygens (including phenoxy) is 1. The van der Waals surface area contributed by atoms with Gasteiger partial charge in [-0.2, -0.15) is 0 Å². The number of anilines is 1. The number of para-hydroxylation sites is 1. The van der Waals surface area contributed by atoms with Gasteiger partial charge in [0.1, 0.15) is 0 Å². The van der Waals surface area contributed by atoms with Crippen molar-refractivity contribution in [1.29, 1.82) is 0 Å². The Morgan fingerprint density at radius 1 is 1.25 bits per heavy atom. The van der Waals surface area contributed by atoms with Gasteiger partial charge >= 0.3 is 5.97 Å². The van der Waals surface area contributed by atoms with Crippen molar-refractivity contribution in [2.75, 3.05) is 24.7 Å². The first-order valence-electron chi connectivity index (χ1n) is 6.86. The molecule has 2 heterocycles. The van der Waals surface area contributed by atoms with Gasteiger partial charge in [0, 0.05) is 18.8 Å². The average Bonchev–Trinajstić information content (AvgIpc) is 2.99. The van der Waals surface area contributed by atoms with Gasteiger partial charge in [0.2, 0.25) is 5.91 Å². The number of benzene rings is 1. The van der Waals surface area contributed by atoms with Gasteiger partial charge in [0.15, 0.2) is 0 Å². The highest BCUT2D eigenvalue weighted by atomic mass is 16.5. The maximum Gasteiger partial charge on any atom is 0.308 e. The Morgan fingerprint density at radius 3 is 2.75 bits per heavy atom. The van der Waals surface area contributed by atoms with E-state index in [1.807, 2.05) is 24.3 Å². The lowest BCUT2D eigenvalue weighted by Crippen LogP contribution is -2.45. The molecule has 0 aliphatic carbocycles. The molecule has 2 unspecified atom stereocenters. The van der Waals surface area contributed by atoms with E-state index in [0.29, 0.717) is 19.6 Å². The summed E-state index contributed by atoms with van der Waals surface area (Å²) in [7, 11) is 0. The van der Waals surface area contributed by atoms with E-state index < -0.39 is 11.9 Å². The van der Waals surface area contributed by atoms with Gasteiger partial charge in [-0.25, -0.2) is 0 Å². The van der Waals surface area contributed by atoms with E-state index in [4.69, 9.17) is 4.74 Å². The number of carboxylic acids is 1. The first kappa shape index (κ1) is 13.1. The van der Waals surface area contributed by atoms with Gasteiger partial charge in [0.05, 0.1) is 18.4 Å². The van der Waals surface area contributed by atoms with E-state index in [0.717, 1.165) is 17.7 Å². The molecule has 1 saturated heterocycles. The molecule has 0 saturated carbocycles. The number of aliphatic carboxylic acids is 1. The Kier molecular flexibility index (Phi) is 3.44. The van der Waals surface area contributed by atoms with Crippen LogP contribution >= 0.6 is 0 Å². The lowest BCUT2D eigenvalue weighted by Gasteiger charge is -2.34. The Morgan fingerprint density at radius 2 is 2.05 bits per heavy atom. The zero-order valence-electron chi connectivity index (χ0n) is 11.1. The van der Waals surface area contributed by atoms with E-state index >= 15 is 0 Å². The first-order valence-corrected chi connectivity index (χ1v) is 6.86. The van der Waals surface area contributed by atoms with Crippen LogP contribution < -0.4 is 4.90 Å². The molecule has 1 amide bonds. The Labute approximate surface area is 117 Å². The predicted octanol–water partition coefficient (Wildman–Crippen LogP) is 1.31. The van der Waals surface area contributed by atoms with Crippen molar-refractivity contribution in [2.45, 2.75) is 12.8 Å². The minimum absolute atomic E-state index is 0.0131. The molecule has 106 valence electrons. The maximum absolute atomic E-state index is 12.6. The fraction of sp³-hybridized carbons (Fsp3) is 0.467. The summed E-state index contributed by atoms with van der Waals surface area (Å²) in [5.41, 5.74) is 1.78. The molecule has 0 bridgehead atoms. The van der Waals surface area contributed by atoms with E-state index in [1.165, 1.54) is 0 Å². The zero-order chi connectivity index (χ0) is 14.1. The molecular weight excluding hydrogens is 258 g/mol. The topological polar surface area (TPSA) is 66.8 Å². The van der Waals surface area contributed by atoms with Crippen LogP contribution in [0.1, 0.15) is 12.0 Å². The smallest absolute Gasteiger partial charge is 0.308 e. The van der Waals surface area contributed by atoms with Gasteiger partial charge in [-0.3, -0.25) is 9.59 Å². The SMILES string of the molecule is O=C(O)C1Cc2ccccc2N(C(=O)C2CCOC2)C1. The number of amides is 1. The summed E-state index contributed by atoms with van der Waals surface area (Å²) in [4.78, 5) is 25.5. The van der Waals surface area contributed by atoms with Crippen molar-refractivity contribution in [2.24, 2.45) is 11.8 Å². The molecule has 2 aliphatic heterocycles. The van der Waals surface area contributed by atoms with Crippen molar-refractivity contribution in [3.63, 3.8) is 0 Å². The van der Waals surface area contributed by atoms with Gasteiger partial charge in [0.25, 0.3) is 0 Å². The summed E-state index contributed by atoms with van der Waals surface area (Å²) >= 11 is 0. The van der Waals surface area contributed by atoms with Crippen LogP contribution in [0.25, 0.3) is 0 Å². The fourth-order valence-electron chi connectivity index (χ4n) is 2.92. The van der Waals surface area contributed by atoms with Crippen LogP contribution in [0, 0.1) is 11.8 Å². The number of carbonyl (C=O) groups excluding carboxylic acids is 1. The molecular formula is C15H17NO4. The predicted molar refractivity (Wildman–Crippen MR) is 72.6 cm³/mol. The Balaban J connectivity index is 1.91. The normalized spacial score (nSPS) is 25.3. The number of carbonyl (C=O) groups is 2. The van der Waals surface area contributed by atoms with Gasteiger partial charge in [-0.1, -0.05) is 18.2 Å². The molecule has 2 aliphatic rings. The highest BCUT2D eigenvalue weighted by Crippen LogP contribution is 2.32. The largest absolute Gasteiger partial charge is 0.481 e. The van der Waals surface area contributed by atoms with Crippen LogP contribution in [0.5, 0.6) is 0 Å². The fourth-order valence-corrected chi connectivity index (χ4v) is 2.92. The molecule has 0 radical (unpaired) electrons. The van der Waals surface area contributed by atoms with Gasteiger partial charge < -0.3 is 14.7 Å². The second kappa shape index (κ2) is 5.25. The lowest BCUT2D eigenvalue weighted by molar-refractivity contribution is -0.141. The standard InChI is InChI=1S/C15H17NO4/c17-14(11-5-6-20-9-11)16-8-12(15(18)19)7-10-3-1-2-4-13(10)16/h1-4,11-12H,5-9H2,(H,18,19). The first-order chi connectivity index (χ1) is 9.66. The van der Waals surface area contributed by atoms with Crippen molar-refractivity contribution in [3.05, 3.63) is 29.8 Å². The summed E-state index contributed by atoms with van der Waals surface area (Å²) in [6.07, 6.45) is 1.20. The number of hydrogen-bond acceptors (Lipinski definition) is 3. The molecule has 3 rings (SSSR count). The molecule has 0 spiro atoms. The van der Waals surface area contributed by atoms with Crippen LogP contribution in [-0.4, -0.2) is 36.7 Å². The number of nitrogens with zero attached hydrogens (tertiary/aromatic N) is 1. The highest BCUT2D eigenvalue weighted by Gasteiger charge is 2.36. The number of hydrogen-bond donors (Lipinski definition) is 1. The van der Waals surface area contributed by atoms with Crippen LogP contribution in [-0.2, 0) is 20.7 Å². The van der Waals surface area contributed by atoms with Crippen molar-refractivity contribution in [3.8, 4) is 0 Å². The summed E-state index contributed by atoms with van der Waals surface area (Å²) in [5.74, 6) is -1.53. The molecule has 0 aromatic heterocycles. The zero-order valence-corrected chi connectivity index (χ0v) is 11.1. The van der Waals surface area contributed by atoms with Crippen LogP contribution in [0.15, 0.2) is 24.3 Å². The third kappa shape index (κ3) is 2.29. The summed E-state index contributed by atoms with van der Waals surface area (Å²) in [6.45, 7) is 1.30. The molecule has 1 N–H and O–H groups in total. The number of fused-ring (bicyclic) bond motifs is 1. The Bertz CT molecular complexity index is 536. The molecule has 1 aromatic carbocycles. The minimum atomic E-state index is -0.847. The highest BCUT2D eigenvalue weighted by molar-refractivity contribution is 5.97. The van der Waals surface area contributed by atoms with E-state index in [1.54, 1.807) is 4.90 Å². The number of carboxylic acid groups (broad SMARTS) is 1. The van der Waals surface area contributed by atoms with E-state index in [2.05, 4.69) is 0 Å². The quantitative estimate of drug-likeness (QED) is 0.883. The average molecular weight is 275 g/mol. The monoisotopic (exact) mass is 275 g/mol. The molecule has 1 fully saturated rings. The lowest BCUT2D eigenvalue weighted by atomic mass is 9.91. The summed E-state index contributed by atoms with van der Waals surface area (Å²) in [5, 5.41) is 9.27. The van der Waals surface area contributed by atoms with Gasteiger partial charge in [-0.05, 0) is 24.5 Å². The molecule has 2 atom stereocenters. The second-order valence-electron chi connectivity index (χ2n) is 5.38. The van der Waals surface area contributed by atoms with Gasteiger partial charge in [-0.15, -0.1) is 0 Å². The molecule has 1 aromatic rings. The minimum Gasteiger partial charge on any atom is -0.481 e. The van der Waals surface area contributed by atoms with Crippen LogP contribution in [0.4, 0.5) is 5.69 Å². The van der Waals surface area contributed by atoms with E-state index in [-0.39, 0.29) is 18.4 Å². The third-order valence-corrected chi connectivity index (χ3v) is 4.05. The second-order valence-corrected chi connectivity index (χ2v) is 5.38. The van der Waals surface area contributed by atoms with Crippen molar-refractivity contribution < 1.29 is 19.4 Å². The summed E-state index contributed by atoms with van der Waals surface area (Å²) < 4.78 is 5.27. The molecule has 5 nitrogen and oxygen atoms in total. The summed E-state index contributed by atoms with van der Waals surface area (Å²) in [6, 6.07) is 7.55. The maximum atomic E-state index is 12.6. The third-order valence-electron chi connectivity index (χ3n) is 4.05. The molecule has 20 heavy (non-hydrogen) atoms. The van der Waals surface area contributed by atoms with Crippen molar-refractivity contribution in [1.82, 2.24) is 0 Å². The molecule has 5 heteroatoms. The van der Waals surface area contributed by atoms with Crippen LogP contribution in [0.2, 0.25) is 0 Å².